The summed E-state index contributed by atoms with van der Waals surface area (Å²) < 4.78 is 5.30. The number of benzene rings is 2. The van der Waals surface area contributed by atoms with E-state index >= 15 is 0 Å². The van der Waals surface area contributed by atoms with E-state index in [1.807, 2.05) is 36.4 Å². The van der Waals surface area contributed by atoms with Gasteiger partial charge in [-0.15, -0.1) is 0 Å². The van der Waals surface area contributed by atoms with Crippen LogP contribution in [0.25, 0.3) is 10.9 Å². The van der Waals surface area contributed by atoms with Gasteiger partial charge in [0.05, 0.1) is 12.8 Å². The monoisotopic (exact) mass is 278 g/mol. The first kappa shape index (κ1) is 13.1. The highest BCUT2D eigenvalue weighted by molar-refractivity contribution is 6.09. The number of nitrogens with zero attached hydrogens (tertiary/aromatic N) is 1. The van der Waals surface area contributed by atoms with Gasteiger partial charge in [0.2, 0.25) is 0 Å². The molecule has 4 nitrogen and oxygen atoms in total. The van der Waals surface area contributed by atoms with Crippen molar-refractivity contribution in [2.24, 2.45) is 0 Å². The number of rotatable bonds is 3. The van der Waals surface area contributed by atoms with Crippen LogP contribution in [0.5, 0.6) is 5.75 Å². The van der Waals surface area contributed by atoms with Crippen molar-refractivity contribution in [2.45, 2.75) is 0 Å². The lowest BCUT2D eigenvalue weighted by atomic mass is 10.1. The van der Waals surface area contributed by atoms with Crippen LogP contribution in [-0.2, 0) is 0 Å². The molecule has 2 aromatic carbocycles. The van der Waals surface area contributed by atoms with E-state index in [2.05, 4.69) is 10.3 Å². The van der Waals surface area contributed by atoms with Crippen molar-refractivity contribution >= 4 is 22.5 Å². The molecule has 1 amide bonds. The smallest absolute Gasteiger partial charge is 0.255 e. The van der Waals surface area contributed by atoms with Crippen LogP contribution in [0, 0.1) is 0 Å². The summed E-state index contributed by atoms with van der Waals surface area (Å²) in [7, 11) is 1.60. The standard InChI is InChI=1S/C17H14N2O2/c1-21-15-10-9-14(13-8-5-11-18-16(13)15)19-17(20)12-6-3-2-4-7-12/h2-11H,1H3,(H,19,20). The number of aromatic nitrogens is 1. The molecule has 0 fully saturated rings. The number of hydrogen-bond donors (Lipinski definition) is 1. The summed E-state index contributed by atoms with van der Waals surface area (Å²) in [6.45, 7) is 0. The molecule has 0 atom stereocenters. The maximum absolute atomic E-state index is 12.2. The summed E-state index contributed by atoms with van der Waals surface area (Å²) in [6.07, 6.45) is 1.70. The third-order valence-corrected chi connectivity index (χ3v) is 3.24. The maximum Gasteiger partial charge on any atom is 0.255 e. The normalized spacial score (nSPS) is 10.3. The van der Waals surface area contributed by atoms with Crippen molar-refractivity contribution in [3.8, 4) is 5.75 Å². The molecule has 3 rings (SSSR count). The number of methoxy groups -OCH3 is 1. The van der Waals surface area contributed by atoms with Gasteiger partial charge in [0, 0.05) is 17.1 Å². The van der Waals surface area contributed by atoms with Gasteiger partial charge in [0.15, 0.2) is 0 Å². The van der Waals surface area contributed by atoms with Crippen LogP contribution in [0.3, 0.4) is 0 Å². The van der Waals surface area contributed by atoms with Crippen LogP contribution in [0.2, 0.25) is 0 Å². The number of carbonyl (C=O) groups excluding carboxylic acids is 1. The molecule has 0 spiro atoms. The molecule has 104 valence electrons. The summed E-state index contributed by atoms with van der Waals surface area (Å²) in [5.74, 6) is 0.536. The molecule has 1 aromatic heterocycles. The number of ether oxygens (including phenoxy) is 1. The Morgan fingerprint density at radius 2 is 1.86 bits per heavy atom. The van der Waals surface area contributed by atoms with Crippen molar-refractivity contribution in [3.05, 3.63) is 66.4 Å². The van der Waals surface area contributed by atoms with E-state index < -0.39 is 0 Å². The molecule has 0 radical (unpaired) electrons. The minimum absolute atomic E-state index is 0.147. The molecule has 21 heavy (non-hydrogen) atoms. The molecule has 0 aliphatic rings. The predicted octanol–water partition coefficient (Wildman–Crippen LogP) is 3.50. The van der Waals surface area contributed by atoms with Gasteiger partial charge >= 0.3 is 0 Å². The third kappa shape index (κ3) is 2.56. The van der Waals surface area contributed by atoms with Gasteiger partial charge in [0.25, 0.3) is 5.91 Å². The first-order valence-electron chi connectivity index (χ1n) is 6.58. The molecule has 1 N–H and O–H groups in total. The highest BCUT2D eigenvalue weighted by Gasteiger charge is 2.10. The summed E-state index contributed by atoms with van der Waals surface area (Å²) in [5.41, 5.74) is 2.06. The Morgan fingerprint density at radius 1 is 1.05 bits per heavy atom. The number of anilines is 1. The van der Waals surface area contributed by atoms with Crippen molar-refractivity contribution in [1.82, 2.24) is 4.98 Å². The van der Waals surface area contributed by atoms with Crippen LogP contribution in [0.1, 0.15) is 10.4 Å². The van der Waals surface area contributed by atoms with Crippen LogP contribution < -0.4 is 10.1 Å². The Balaban J connectivity index is 2.00. The largest absolute Gasteiger partial charge is 0.494 e. The molecular formula is C17H14N2O2. The van der Waals surface area contributed by atoms with Crippen LogP contribution in [-0.4, -0.2) is 18.0 Å². The van der Waals surface area contributed by atoms with Gasteiger partial charge in [-0.2, -0.15) is 0 Å². The van der Waals surface area contributed by atoms with Crippen molar-refractivity contribution in [2.75, 3.05) is 12.4 Å². The second-order valence-corrected chi connectivity index (χ2v) is 4.54. The maximum atomic E-state index is 12.2. The van der Waals surface area contributed by atoms with E-state index in [0.29, 0.717) is 17.0 Å². The Kier molecular flexibility index (Phi) is 3.51. The fourth-order valence-corrected chi connectivity index (χ4v) is 2.20. The summed E-state index contributed by atoms with van der Waals surface area (Å²) in [6, 6.07) is 16.5. The summed E-state index contributed by atoms with van der Waals surface area (Å²) in [5, 5.41) is 3.77. The Hall–Kier alpha value is -2.88. The fourth-order valence-electron chi connectivity index (χ4n) is 2.20. The summed E-state index contributed by atoms with van der Waals surface area (Å²) >= 11 is 0. The average molecular weight is 278 g/mol. The fraction of sp³-hybridized carbons (Fsp3) is 0.0588. The number of carbonyl (C=O) groups is 1. The van der Waals surface area contributed by atoms with Gasteiger partial charge in [-0.05, 0) is 36.4 Å². The molecule has 3 aromatic rings. The molecule has 1 heterocycles. The molecule has 0 aliphatic heterocycles. The molecule has 0 saturated carbocycles. The third-order valence-electron chi connectivity index (χ3n) is 3.24. The van der Waals surface area contributed by atoms with Crippen LogP contribution in [0.4, 0.5) is 5.69 Å². The number of fused-ring (bicyclic) bond motifs is 1. The minimum Gasteiger partial charge on any atom is -0.494 e. The Morgan fingerprint density at radius 3 is 2.62 bits per heavy atom. The second kappa shape index (κ2) is 5.63. The number of amides is 1. The van der Waals surface area contributed by atoms with E-state index in [4.69, 9.17) is 4.74 Å². The minimum atomic E-state index is -0.147. The van der Waals surface area contributed by atoms with Crippen LogP contribution >= 0.6 is 0 Å². The highest BCUT2D eigenvalue weighted by Crippen LogP contribution is 2.29. The van der Waals surface area contributed by atoms with E-state index in [9.17, 15) is 4.79 Å². The van der Waals surface area contributed by atoms with Crippen molar-refractivity contribution in [1.29, 1.82) is 0 Å². The summed E-state index contributed by atoms with van der Waals surface area (Å²) in [4.78, 5) is 16.6. The van der Waals surface area contributed by atoms with Crippen molar-refractivity contribution < 1.29 is 9.53 Å². The van der Waals surface area contributed by atoms with E-state index in [0.717, 1.165) is 10.9 Å². The highest BCUT2D eigenvalue weighted by atomic mass is 16.5. The molecule has 0 saturated heterocycles. The lowest BCUT2D eigenvalue weighted by Gasteiger charge is -2.11. The number of pyridine rings is 1. The van der Waals surface area contributed by atoms with Gasteiger partial charge in [-0.25, -0.2) is 0 Å². The lowest BCUT2D eigenvalue weighted by Crippen LogP contribution is -2.12. The number of hydrogen-bond acceptors (Lipinski definition) is 3. The van der Waals surface area contributed by atoms with E-state index in [1.165, 1.54) is 0 Å². The lowest BCUT2D eigenvalue weighted by molar-refractivity contribution is 0.102. The van der Waals surface area contributed by atoms with Crippen LogP contribution in [0.15, 0.2) is 60.8 Å². The van der Waals surface area contributed by atoms with Crippen molar-refractivity contribution in [3.63, 3.8) is 0 Å². The van der Waals surface area contributed by atoms with E-state index in [1.54, 1.807) is 31.5 Å². The first-order valence-corrected chi connectivity index (χ1v) is 6.58. The van der Waals surface area contributed by atoms with Gasteiger partial charge in [0.1, 0.15) is 11.3 Å². The van der Waals surface area contributed by atoms with E-state index in [-0.39, 0.29) is 5.91 Å². The average Bonchev–Trinajstić information content (AvgIpc) is 2.56. The Labute approximate surface area is 122 Å². The SMILES string of the molecule is COc1ccc(NC(=O)c2ccccc2)c2cccnc12. The zero-order chi connectivity index (χ0) is 14.7. The zero-order valence-corrected chi connectivity index (χ0v) is 11.5. The molecule has 4 heteroatoms. The first-order chi connectivity index (χ1) is 10.3. The predicted molar refractivity (Wildman–Crippen MR) is 82.7 cm³/mol. The molecule has 0 unspecified atom stereocenters. The molecule has 0 bridgehead atoms. The topological polar surface area (TPSA) is 51.2 Å². The van der Waals surface area contributed by atoms with Gasteiger partial charge in [-0.1, -0.05) is 18.2 Å². The van der Waals surface area contributed by atoms with Gasteiger partial charge in [-0.3, -0.25) is 9.78 Å². The molecule has 0 aliphatic carbocycles. The number of nitrogens with one attached hydrogen (secondary N) is 1. The zero-order valence-electron chi connectivity index (χ0n) is 11.5. The Bertz CT molecular complexity index is 785. The quantitative estimate of drug-likeness (QED) is 0.797. The van der Waals surface area contributed by atoms with Gasteiger partial charge < -0.3 is 10.1 Å². The second-order valence-electron chi connectivity index (χ2n) is 4.54. The molecular weight excluding hydrogens is 264 g/mol.